The van der Waals surface area contributed by atoms with E-state index in [1.807, 2.05) is 0 Å². The Labute approximate surface area is 103 Å². The molecule has 0 saturated carbocycles. The van der Waals surface area contributed by atoms with Gasteiger partial charge < -0.3 is 4.74 Å². The third-order valence-corrected chi connectivity index (χ3v) is 2.85. The summed E-state index contributed by atoms with van der Waals surface area (Å²) in [6.45, 7) is 4.98. The van der Waals surface area contributed by atoms with Crippen molar-refractivity contribution >= 4 is 17.7 Å². The van der Waals surface area contributed by atoms with Gasteiger partial charge >= 0.3 is 0 Å². The number of allylic oxidation sites excluding steroid dienone is 1. The molecule has 0 aromatic heterocycles. The van der Waals surface area contributed by atoms with Gasteiger partial charge in [0, 0.05) is 13.0 Å². The van der Waals surface area contributed by atoms with Crippen LogP contribution in [0.15, 0.2) is 29.8 Å². The molecule has 0 aliphatic carbocycles. The molecule has 1 nitrogen and oxygen atoms in total. The van der Waals surface area contributed by atoms with Gasteiger partial charge in [-0.3, -0.25) is 0 Å². The van der Waals surface area contributed by atoms with Crippen molar-refractivity contribution in [2.24, 2.45) is 5.92 Å². The fraction of sp³-hybridized carbons (Fsp3) is 0.429. The number of rotatable bonds is 5. The van der Waals surface area contributed by atoms with E-state index >= 15 is 0 Å². The summed E-state index contributed by atoms with van der Waals surface area (Å²) in [6, 6.07) is 8.37. The molecule has 0 heterocycles. The van der Waals surface area contributed by atoms with Gasteiger partial charge in [0.1, 0.15) is 0 Å². The van der Waals surface area contributed by atoms with E-state index in [1.165, 1.54) is 16.7 Å². The zero-order valence-corrected chi connectivity index (χ0v) is 10.9. The summed E-state index contributed by atoms with van der Waals surface area (Å²) in [5.41, 5.74) is 3.65. The zero-order chi connectivity index (χ0) is 12.0. The molecule has 16 heavy (non-hydrogen) atoms. The minimum Gasteiger partial charge on any atom is -0.380 e. The highest BCUT2D eigenvalue weighted by molar-refractivity contribution is 6.19. The molecular formula is C14H19ClO. The second-order valence-electron chi connectivity index (χ2n) is 4.18. The van der Waals surface area contributed by atoms with Gasteiger partial charge in [-0.25, -0.2) is 0 Å². The minimum absolute atomic E-state index is 0.496. The average molecular weight is 239 g/mol. The maximum absolute atomic E-state index is 5.91. The van der Waals surface area contributed by atoms with Crippen molar-refractivity contribution in [3.8, 4) is 0 Å². The van der Waals surface area contributed by atoms with Crippen molar-refractivity contribution in [2.45, 2.75) is 20.5 Å². The van der Waals surface area contributed by atoms with Gasteiger partial charge in [0.05, 0.1) is 6.61 Å². The first-order chi connectivity index (χ1) is 7.67. The highest BCUT2D eigenvalue weighted by Crippen LogP contribution is 2.16. The molecule has 0 N–H and O–H groups in total. The number of benzene rings is 1. The monoisotopic (exact) mass is 238 g/mol. The molecule has 0 fully saturated rings. The number of methoxy groups -OCH3 is 1. The molecule has 2 heteroatoms. The number of alkyl halides is 1. The van der Waals surface area contributed by atoms with Crippen LogP contribution in [0, 0.1) is 5.92 Å². The Balaban J connectivity index is 2.81. The molecule has 1 aromatic carbocycles. The number of halogens is 1. The summed E-state index contributed by atoms with van der Waals surface area (Å²) < 4.78 is 5.07. The van der Waals surface area contributed by atoms with Crippen molar-refractivity contribution in [1.29, 1.82) is 0 Å². The molecule has 0 atom stereocenters. The van der Waals surface area contributed by atoms with E-state index in [4.69, 9.17) is 16.3 Å². The third-order valence-electron chi connectivity index (χ3n) is 2.54. The fourth-order valence-electron chi connectivity index (χ4n) is 1.45. The molecular weight excluding hydrogens is 220 g/mol. The Morgan fingerprint density at radius 1 is 1.31 bits per heavy atom. The van der Waals surface area contributed by atoms with Gasteiger partial charge in [-0.1, -0.05) is 49.8 Å². The van der Waals surface area contributed by atoms with Gasteiger partial charge in [0.15, 0.2) is 0 Å². The van der Waals surface area contributed by atoms with Crippen molar-refractivity contribution in [2.75, 3.05) is 13.0 Å². The largest absolute Gasteiger partial charge is 0.380 e. The standard InChI is InChI=1S/C14H19ClO/c1-11(2)14(9-15)8-12-4-6-13(7-5-12)10-16-3/h4-8,11H,9-10H2,1-3H3. The zero-order valence-electron chi connectivity index (χ0n) is 10.2. The molecule has 1 aromatic rings. The lowest BCUT2D eigenvalue weighted by atomic mass is 10.0. The molecule has 0 radical (unpaired) electrons. The van der Waals surface area contributed by atoms with Gasteiger partial charge in [0.25, 0.3) is 0 Å². The lowest BCUT2D eigenvalue weighted by molar-refractivity contribution is 0.185. The van der Waals surface area contributed by atoms with Gasteiger partial charge in [-0.2, -0.15) is 0 Å². The van der Waals surface area contributed by atoms with E-state index in [9.17, 15) is 0 Å². The second-order valence-corrected chi connectivity index (χ2v) is 4.45. The predicted octanol–water partition coefficient (Wildman–Crippen LogP) is 4.11. The molecule has 0 aliphatic heterocycles. The van der Waals surface area contributed by atoms with E-state index < -0.39 is 0 Å². The van der Waals surface area contributed by atoms with Gasteiger partial charge in [-0.05, 0) is 17.0 Å². The van der Waals surface area contributed by atoms with E-state index in [2.05, 4.69) is 44.2 Å². The molecule has 0 bridgehead atoms. The second kappa shape index (κ2) is 6.72. The van der Waals surface area contributed by atoms with Crippen LogP contribution in [-0.2, 0) is 11.3 Å². The van der Waals surface area contributed by atoms with E-state index in [1.54, 1.807) is 7.11 Å². The van der Waals surface area contributed by atoms with Crippen LogP contribution < -0.4 is 0 Å². The molecule has 0 spiro atoms. The smallest absolute Gasteiger partial charge is 0.0713 e. The summed E-state index contributed by atoms with van der Waals surface area (Å²) >= 11 is 5.91. The quantitative estimate of drug-likeness (QED) is 0.702. The Hall–Kier alpha value is -0.790. The van der Waals surface area contributed by atoms with Crippen LogP contribution >= 0.6 is 11.6 Å². The Morgan fingerprint density at radius 3 is 2.38 bits per heavy atom. The summed E-state index contributed by atoms with van der Waals surface area (Å²) in [4.78, 5) is 0. The minimum atomic E-state index is 0.496. The van der Waals surface area contributed by atoms with Crippen LogP contribution in [0.5, 0.6) is 0 Å². The van der Waals surface area contributed by atoms with Crippen LogP contribution in [0.2, 0.25) is 0 Å². The van der Waals surface area contributed by atoms with Crippen LogP contribution in [0.25, 0.3) is 6.08 Å². The van der Waals surface area contributed by atoms with Gasteiger partial charge in [0.2, 0.25) is 0 Å². The molecule has 0 unspecified atom stereocenters. The lowest BCUT2D eigenvalue weighted by Crippen LogP contribution is -1.95. The number of ether oxygens (including phenoxy) is 1. The highest BCUT2D eigenvalue weighted by atomic mass is 35.5. The topological polar surface area (TPSA) is 9.23 Å². The normalized spacial score (nSPS) is 12.2. The SMILES string of the molecule is COCc1ccc(C=C(CCl)C(C)C)cc1. The Morgan fingerprint density at radius 2 is 1.94 bits per heavy atom. The number of hydrogen-bond acceptors (Lipinski definition) is 1. The van der Waals surface area contributed by atoms with E-state index in [-0.39, 0.29) is 0 Å². The average Bonchev–Trinajstić information content (AvgIpc) is 2.28. The first-order valence-corrected chi connectivity index (χ1v) is 6.05. The molecule has 0 amide bonds. The third kappa shape index (κ3) is 3.99. The maximum atomic E-state index is 5.91. The van der Waals surface area contributed by atoms with Crippen molar-refractivity contribution in [3.05, 3.63) is 41.0 Å². The van der Waals surface area contributed by atoms with Gasteiger partial charge in [-0.15, -0.1) is 11.6 Å². The van der Waals surface area contributed by atoms with Crippen LogP contribution in [0.4, 0.5) is 0 Å². The molecule has 88 valence electrons. The fourth-order valence-corrected chi connectivity index (χ4v) is 1.84. The van der Waals surface area contributed by atoms with E-state index in [0.717, 1.165) is 0 Å². The summed E-state index contributed by atoms with van der Waals surface area (Å²) in [5, 5.41) is 0. The van der Waals surface area contributed by atoms with Crippen molar-refractivity contribution in [3.63, 3.8) is 0 Å². The first-order valence-electron chi connectivity index (χ1n) is 5.51. The summed E-state index contributed by atoms with van der Waals surface area (Å²) in [7, 11) is 1.71. The number of hydrogen-bond donors (Lipinski definition) is 0. The van der Waals surface area contributed by atoms with Crippen LogP contribution in [0.1, 0.15) is 25.0 Å². The van der Waals surface area contributed by atoms with E-state index in [0.29, 0.717) is 18.4 Å². The molecule has 0 aliphatic rings. The predicted molar refractivity (Wildman–Crippen MR) is 70.7 cm³/mol. The van der Waals surface area contributed by atoms with Crippen molar-refractivity contribution < 1.29 is 4.74 Å². The Kier molecular flexibility index (Phi) is 5.58. The molecule has 1 rings (SSSR count). The molecule has 0 saturated heterocycles. The van der Waals surface area contributed by atoms with Crippen LogP contribution in [-0.4, -0.2) is 13.0 Å². The summed E-state index contributed by atoms with van der Waals surface area (Å²) in [5.74, 6) is 1.09. The maximum Gasteiger partial charge on any atom is 0.0713 e. The van der Waals surface area contributed by atoms with Crippen molar-refractivity contribution in [1.82, 2.24) is 0 Å². The van der Waals surface area contributed by atoms with Crippen LogP contribution in [0.3, 0.4) is 0 Å². The Bertz CT molecular complexity index is 338. The summed E-state index contributed by atoms with van der Waals surface area (Å²) in [6.07, 6.45) is 2.16. The lowest BCUT2D eigenvalue weighted by Gasteiger charge is -2.08. The highest BCUT2D eigenvalue weighted by Gasteiger charge is 2.01. The first kappa shape index (κ1) is 13.3.